The average molecular weight is 432 g/mol. The first-order valence-corrected chi connectivity index (χ1v) is 12.6. The predicted molar refractivity (Wildman–Crippen MR) is 131 cm³/mol. The summed E-state index contributed by atoms with van der Waals surface area (Å²) in [6, 6.07) is 0. The van der Waals surface area contributed by atoms with Crippen LogP contribution in [0.25, 0.3) is 11.6 Å². The van der Waals surface area contributed by atoms with Gasteiger partial charge in [0.15, 0.2) is 0 Å². The van der Waals surface area contributed by atoms with Crippen molar-refractivity contribution in [3.8, 4) is 0 Å². The van der Waals surface area contributed by atoms with Gasteiger partial charge in [0.1, 0.15) is 22.3 Å². The fourth-order valence-corrected chi connectivity index (χ4v) is 4.04. The maximum atomic E-state index is 6.05. The molecule has 0 amide bonds. The standard InChI is InChI=1S/C24H45N7/c1-2-3-4-5-6-7-8-9-10-11-12-13-14-15-16-17-18-27-24-30-22(25)20-21(23(26)31-24)29-19-28-20/h19H,2-18,25-26H2,1H3,(H,28,29)(H2,27,30,31). The van der Waals surface area contributed by atoms with Crippen LogP contribution in [0.1, 0.15) is 110 Å². The fourth-order valence-electron chi connectivity index (χ4n) is 4.04. The summed E-state index contributed by atoms with van der Waals surface area (Å²) in [6.45, 7) is 3.04. The molecule has 1 aromatic heterocycles. The average Bonchev–Trinajstić information content (AvgIpc) is 3.22. The minimum atomic E-state index is 0.454. The lowest BCUT2D eigenvalue weighted by molar-refractivity contribution is 0.530. The zero-order chi connectivity index (χ0) is 22.2. The number of hydrogen-bond acceptors (Lipinski definition) is 4. The van der Waals surface area contributed by atoms with Crippen LogP contribution in [0.2, 0.25) is 0 Å². The molecule has 1 aliphatic rings. The van der Waals surface area contributed by atoms with Crippen molar-refractivity contribution in [1.29, 1.82) is 0 Å². The number of guanidine groups is 1. The van der Waals surface area contributed by atoms with Crippen molar-refractivity contribution in [2.75, 3.05) is 6.54 Å². The summed E-state index contributed by atoms with van der Waals surface area (Å²) in [5, 5.41) is 7.44. The van der Waals surface area contributed by atoms with Gasteiger partial charge < -0.3 is 27.1 Å². The topological polar surface area (TPSA) is 117 Å². The number of nitrogens with one attached hydrogen (secondary N) is 3. The molecule has 7 heteroatoms. The number of rotatable bonds is 17. The molecule has 0 atom stereocenters. The normalized spacial score (nSPS) is 14.9. The molecular formula is C24H45N7. The van der Waals surface area contributed by atoms with E-state index in [1.54, 1.807) is 6.33 Å². The smallest absolute Gasteiger partial charge is 0.202 e. The molecule has 2 rings (SSSR count). The van der Waals surface area contributed by atoms with E-state index in [-0.39, 0.29) is 0 Å². The van der Waals surface area contributed by atoms with E-state index in [9.17, 15) is 0 Å². The highest BCUT2D eigenvalue weighted by Crippen LogP contribution is 2.13. The summed E-state index contributed by atoms with van der Waals surface area (Å²) >= 11 is 0. The van der Waals surface area contributed by atoms with Crippen molar-refractivity contribution in [1.82, 2.24) is 20.6 Å². The molecule has 0 spiro atoms. The summed E-state index contributed by atoms with van der Waals surface area (Å²) in [5.41, 5.74) is 12.1. The van der Waals surface area contributed by atoms with E-state index < -0.39 is 0 Å². The number of hydrogen-bond donors (Lipinski definition) is 5. The molecule has 0 bridgehead atoms. The molecule has 31 heavy (non-hydrogen) atoms. The Morgan fingerprint density at radius 2 is 1.19 bits per heavy atom. The Bertz CT molecular complexity index is 710. The van der Waals surface area contributed by atoms with Gasteiger partial charge >= 0.3 is 0 Å². The molecule has 1 aromatic rings. The first kappa shape index (κ1) is 25.1. The van der Waals surface area contributed by atoms with Gasteiger partial charge in [-0.05, 0) is 6.42 Å². The molecule has 7 N–H and O–H groups in total. The predicted octanol–water partition coefficient (Wildman–Crippen LogP) is 3.27. The van der Waals surface area contributed by atoms with E-state index in [1.165, 1.54) is 96.3 Å². The van der Waals surface area contributed by atoms with Crippen LogP contribution in [0.3, 0.4) is 0 Å². The highest BCUT2D eigenvalue weighted by Gasteiger charge is 2.10. The quantitative estimate of drug-likeness (QED) is 0.243. The molecule has 0 saturated carbocycles. The molecular weight excluding hydrogens is 386 g/mol. The summed E-state index contributed by atoms with van der Waals surface area (Å²) in [4.78, 5) is 11.7. The second-order valence-corrected chi connectivity index (χ2v) is 8.74. The molecule has 0 radical (unpaired) electrons. The van der Waals surface area contributed by atoms with Crippen molar-refractivity contribution in [3.63, 3.8) is 0 Å². The maximum absolute atomic E-state index is 6.05. The second kappa shape index (κ2) is 15.6. The Hall–Kier alpha value is -2.18. The number of imidazole rings is 1. The van der Waals surface area contributed by atoms with Crippen LogP contribution in [0, 0.1) is 0 Å². The van der Waals surface area contributed by atoms with Gasteiger partial charge in [-0.25, -0.2) is 4.98 Å². The Morgan fingerprint density at radius 1 is 0.710 bits per heavy atom. The Balaban J connectivity index is 1.41. The monoisotopic (exact) mass is 431 g/mol. The highest BCUT2D eigenvalue weighted by molar-refractivity contribution is 5.90. The highest BCUT2D eigenvalue weighted by atomic mass is 15.2. The number of aromatic nitrogens is 2. The molecule has 1 aliphatic heterocycles. The summed E-state index contributed by atoms with van der Waals surface area (Å²) < 4.78 is 0. The second-order valence-electron chi connectivity index (χ2n) is 8.74. The van der Waals surface area contributed by atoms with E-state index >= 15 is 0 Å². The number of aromatic amines is 1. The van der Waals surface area contributed by atoms with E-state index in [1.807, 2.05) is 0 Å². The molecule has 7 nitrogen and oxygen atoms in total. The van der Waals surface area contributed by atoms with Gasteiger partial charge in [0.25, 0.3) is 0 Å². The van der Waals surface area contributed by atoms with Gasteiger partial charge in [0.05, 0.1) is 6.33 Å². The zero-order valence-electron chi connectivity index (χ0n) is 19.6. The fraction of sp³-hybridized carbons (Fsp3) is 0.750. The molecule has 0 aliphatic carbocycles. The number of unbranched alkanes of at least 4 members (excludes halogenated alkanes) is 15. The summed E-state index contributed by atoms with van der Waals surface area (Å²) in [5.74, 6) is 1.52. The first-order valence-electron chi connectivity index (χ1n) is 12.6. The number of nitrogens with zero attached hydrogens (tertiary/aromatic N) is 2. The molecule has 2 heterocycles. The van der Waals surface area contributed by atoms with Gasteiger partial charge in [0, 0.05) is 6.54 Å². The third kappa shape index (κ3) is 10.1. The van der Waals surface area contributed by atoms with Crippen LogP contribution < -0.4 is 32.8 Å². The summed E-state index contributed by atoms with van der Waals surface area (Å²) in [6.07, 6.45) is 23.5. The van der Waals surface area contributed by atoms with Crippen molar-refractivity contribution in [2.45, 2.75) is 110 Å². The molecule has 176 valence electrons. The van der Waals surface area contributed by atoms with E-state index in [4.69, 9.17) is 11.5 Å². The van der Waals surface area contributed by atoms with E-state index in [2.05, 4.69) is 32.5 Å². The van der Waals surface area contributed by atoms with Crippen LogP contribution in [-0.4, -0.2) is 22.5 Å². The van der Waals surface area contributed by atoms with Crippen molar-refractivity contribution in [2.24, 2.45) is 16.5 Å². The Morgan fingerprint density at radius 3 is 1.74 bits per heavy atom. The lowest BCUT2D eigenvalue weighted by atomic mass is 10.0. The molecule has 0 fully saturated rings. The maximum Gasteiger partial charge on any atom is 0.202 e. The van der Waals surface area contributed by atoms with Crippen LogP contribution in [-0.2, 0) is 0 Å². The number of aliphatic imine (C=N–C) groups is 1. The zero-order valence-corrected chi connectivity index (χ0v) is 19.6. The number of nitrogens with two attached hydrogens (primary N) is 2. The molecule has 0 saturated heterocycles. The van der Waals surface area contributed by atoms with Crippen LogP contribution in [0.15, 0.2) is 11.3 Å². The largest absolute Gasteiger partial charge is 0.383 e. The lowest BCUT2D eigenvalue weighted by Gasteiger charge is -2.09. The minimum Gasteiger partial charge on any atom is -0.383 e. The Kier molecular flexibility index (Phi) is 12.6. The first-order chi connectivity index (χ1) is 15.2. The van der Waals surface area contributed by atoms with Crippen LogP contribution in [0.4, 0.5) is 0 Å². The lowest BCUT2D eigenvalue weighted by Crippen LogP contribution is -2.39. The Labute approximate surface area is 188 Å². The minimum absolute atomic E-state index is 0.454. The molecule has 0 aromatic carbocycles. The van der Waals surface area contributed by atoms with Gasteiger partial charge in [-0.15, -0.1) is 0 Å². The van der Waals surface area contributed by atoms with E-state index in [0.717, 1.165) is 13.0 Å². The van der Waals surface area contributed by atoms with E-state index in [0.29, 0.717) is 28.3 Å². The SMILES string of the molecule is CCCCCCCCCCCCCCCCCCN=C1NC(N)=c2nc[nH]c2=C(N)N1. The van der Waals surface area contributed by atoms with Crippen molar-refractivity contribution in [3.05, 3.63) is 17.0 Å². The molecule has 0 unspecified atom stereocenters. The van der Waals surface area contributed by atoms with Crippen molar-refractivity contribution >= 4 is 17.6 Å². The van der Waals surface area contributed by atoms with Gasteiger partial charge in [0.2, 0.25) is 5.96 Å². The van der Waals surface area contributed by atoms with Gasteiger partial charge in [-0.1, -0.05) is 103 Å². The summed E-state index contributed by atoms with van der Waals surface area (Å²) in [7, 11) is 0. The van der Waals surface area contributed by atoms with Crippen LogP contribution in [0.5, 0.6) is 0 Å². The number of fused-ring (bicyclic) bond motifs is 1. The third-order valence-corrected chi connectivity index (χ3v) is 5.95. The van der Waals surface area contributed by atoms with Gasteiger partial charge in [-0.3, -0.25) is 4.99 Å². The number of H-pyrrole nitrogens is 1. The van der Waals surface area contributed by atoms with Gasteiger partial charge in [-0.2, -0.15) is 0 Å². The van der Waals surface area contributed by atoms with Crippen molar-refractivity contribution < 1.29 is 0 Å². The third-order valence-electron chi connectivity index (χ3n) is 5.95. The van der Waals surface area contributed by atoms with Crippen LogP contribution >= 0.6 is 0 Å².